The number of rotatable bonds is 3. The van der Waals surface area contributed by atoms with E-state index in [1.807, 2.05) is 19.2 Å². The minimum atomic E-state index is -0.147. The van der Waals surface area contributed by atoms with E-state index >= 15 is 0 Å². The number of hydrogen-bond donors (Lipinski definition) is 1. The van der Waals surface area contributed by atoms with Crippen LogP contribution in [0, 0.1) is 0 Å². The van der Waals surface area contributed by atoms with E-state index in [9.17, 15) is 4.79 Å². The van der Waals surface area contributed by atoms with Crippen LogP contribution < -0.4 is 11.3 Å². The average Bonchev–Trinajstić information content (AvgIpc) is 3.02. The highest BCUT2D eigenvalue weighted by Gasteiger charge is 2.15. The summed E-state index contributed by atoms with van der Waals surface area (Å²) in [6.45, 7) is 3.80. The van der Waals surface area contributed by atoms with E-state index in [1.165, 1.54) is 22.1 Å². The first-order valence-corrected chi connectivity index (χ1v) is 7.57. The first-order chi connectivity index (χ1) is 10.6. The summed E-state index contributed by atoms with van der Waals surface area (Å²) in [5, 5.41) is 6.99. The third kappa shape index (κ3) is 2.60. The predicted octanol–water partition coefficient (Wildman–Crippen LogP) is 1.99. The number of aromatic nitrogens is 5. The van der Waals surface area contributed by atoms with Crippen molar-refractivity contribution in [1.29, 1.82) is 0 Å². The molecule has 3 aromatic rings. The second kappa shape index (κ2) is 5.64. The van der Waals surface area contributed by atoms with Gasteiger partial charge in [-0.25, -0.2) is 19.6 Å². The van der Waals surface area contributed by atoms with Crippen molar-refractivity contribution in [2.75, 3.05) is 5.73 Å². The van der Waals surface area contributed by atoms with Crippen molar-refractivity contribution in [3.63, 3.8) is 0 Å². The molecule has 0 atom stereocenters. The normalized spacial score (nSPS) is 11.0. The first kappa shape index (κ1) is 14.3. The highest BCUT2D eigenvalue weighted by molar-refractivity contribution is 7.13. The van der Waals surface area contributed by atoms with E-state index in [0.29, 0.717) is 17.0 Å². The minimum Gasteiger partial charge on any atom is -0.368 e. The van der Waals surface area contributed by atoms with Gasteiger partial charge in [0.15, 0.2) is 0 Å². The molecule has 7 nitrogen and oxygen atoms in total. The fourth-order valence-electron chi connectivity index (χ4n) is 2.03. The Morgan fingerprint density at radius 2 is 2.09 bits per heavy atom. The Morgan fingerprint density at radius 3 is 2.77 bits per heavy atom. The SMILES string of the molecule is CC(C)n1nc(-c2cnc(N)nc2-c2nccs2)ccc1=O. The van der Waals surface area contributed by atoms with E-state index in [0.717, 1.165) is 5.01 Å². The number of nitrogen functional groups attached to an aromatic ring is 1. The second-order valence-corrected chi connectivity index (χ2v) is 5.82. The number of anilines is 1. The molecule has 0 radical (unpaired) electrons. The van der Waals surface area contributed by atoms with Crippen molar-refractivity contribution in [3.8, 4) is 22.0 Å². The molecular formula is C14H14N6OS. The molecule has 0 saturated heterocycles. The highest BCUT2D eigenvalue weighted by atomic mass is 32.1. The topological polar surface area (TPSA) is 99.6 Å². The van der Waals surface area contributed by atoms with Crippen LogP contribution in [0.25, 0.3) is 22.0 Å². The first-order valence-electron chi connectivity index (χ1n) is 6.69. The molecule has 22 heavy (non-hydrogen) atoms. The van der Waals surface area contributed by atoms with E-state index < -0.39 is 0 Å². The van der Waals surface area contributed by atoms with Crippen LogP contribution in [0.1, 0.15) is 19.9 Å². The summed E-state index contributed by atoms with van der Waals surface area (Å²) in [6, 6.07) is 3.11. The van der Waals surface area contributed by atoms with Gasteiger partial charge in [-0.3, -0.25) is 4.79 Å². The lowest BCUT2D eigenvalue weighted by atomic mass is 10.1. The maximum Gasteiger partial charge on any atom is 0.267 e. The Labute approximate surface area is 130 Å². The van der Waals surface area contributed by atoms with Crippen LogP contribution in [0.5, 0.6) is 0 Å². The van der Waals surface area contributed by atoms with Crippen LogP contribution >= 0.6 is 11.3 Å². The molecule has 0 aliphatic rings. The quantitative estimate of drug-likeness (QED) is 0.793. The maximum absolute atomic E-state index is 11.9. The summed E-state index contributed by atoms with van der Waals surface area (Å²) >= 11 is 1.45. The molecule has 0 aliphatic carbocycles. The molecule has 3 aromatic heterocycles. The standard InChI is InChI=1S/C14H14N6OS/c1-8(2)20-11(21)4-3-10(19-20)9-7-17-14(15)18-12(9)13-16-5-6-22-13/h3-8H,1-2H3,(H2,15,17,18). The van der Waals surface area contributed by atoms with E-state index in [2.05, 4.69) is 20.1 Å². The predicted molar refractivity (Wildman–Crippen MR) is 85.4 cm³/mol. The zero-order valence-corrected chi connectivity index (χ0v) is 12.9. The Balaban J connectivity index is 2.21. The van der Waals surface area contributed by atoms with Gasteiger partial charge in [0.05, 0.1) is 11.7 Å². The zero-order valence-electron chi connectivity index (χ0n) is 12.1. The lowest BCUT2D eigenvalue weighted by molar-refractivity contribution is 0.505. The molecule has 0 amide bonds. The molecule has 0 aromatic carbocycles. The van der Waals surface area contributed by atoms with E-state index in [-0.39, 0.29) is 17.5 Å². The lowest BCUT2D eigenvalue weighted by Gasteiger charge is -2.11. The molecule has 0 aliphatic heterocycles. The molecule has 0 spiro atoms. The van der Waals surface area contributed by atoms with E-state index in [4.69, 9.17) is 5.73 Å². The average molecular weight is 314 g/mol. The molecule has 0 unspecified atom stereocenters. The van der Waals surface area contributed by atoms with Gasteiger partial charge in [-0.1, -0.05) is 0 Å². The van der Waals surface area contributed by atoms with Gasteiger partial charge >= 0.3 is 0 Å². The second-order valence-electron chi connectivity index (χ2n) is 4.92. The summed E-state index contributed by atoms with van der Waals surface area (Å²) in [6.07, 6.45) is 3.31. The van der Waals surface area contributed by atoms with Gasteiger partial charge in [0.25, 0.3) is 5.56 Å². The molecule has 0 fully saturated rings. The van der Waals surface area contributed by atoms with Crippen molar-refractivity contribution < 1.29 is 0 Å². The summed E-state index contributed by atoms with van der Waals surface area (Å²) in [4.78, 5) is 24.4. The van der Waals surface area contributed by atoms with Crippen molar-refractivity contribution in [2.45, 2.75) is 19.9 Å². The minimum absolute atomic E-state index is 0.0366. The molecule has 3 heterocycles. The molecule has 0 saturated carbocycles. The molecule has 3 rings (SSSR count). The Kier molecular flexibility index (Phi) is 3.68. The molecule has 112 valence electrons. The van der Waals surface area contributed by atoms with Gasteiger partial charge in [-0.2, -0.15) is 5.10 Å². The maximum atomic E-state index is 11.9. The largest absolute Gasteiger partial charge is 0.368 e. The summed E-state index contributed by atoms with van der Waals surface area (Å²) < 4.78 is 1.43. The van der Waals surface area contributed by atoms with Crippen LogP contribution in [0.4, 0.5) is 5.95 Å². The van der Waals surface area contributed by atoms with E-state index in [1.54, 1.807) is 18.5 Å². The third-order valence-corrected chi connectivity index (χ3v) is 3.81. The number of nitrogens with zero attached hydrogens (tertiary/aromatic N) is 5. The van der Waals surface area contributed by atoms with Gasteiger partial charge < -0.3 is 5.73 Å². The molecule has 2 N–H and O–H groups in total. The fourth-order valence-corrected chi connectivity index (χ4v) is 2.66. The van der Waals surface area contributed by atoms with Gasteiger partial charge in [-0.15, -0.1) is 11.3 Å². The summed E-state index contributed by atoms with van der Waals surface area (Å²) in [7, 11) is 0. The Hall–Kier alpha value is -2.61. The highest BCUT2D eigenvalue weighted by Crippen LogP contribution is 2.30. The number of hydrogen-bond acceptors (Lipinski definition) is 7. The Bertz CT molecular complexity index is 856. The van der Waals surface area contributed by atoms with Gasteiger partial charge in [0.2, 0.25) is 5.95 Å². The molecular weight excluding hydrogens is 300 g/mol. The third-order valence-electron chi connectivity index (χ3n) is 3.03. The van der Waals surface area contributed by atoms with Crippen molar-refractivity contribution in [1.82, 2.24) is 24.7 Å². The lowest BCUT2D eigenvalue weighted by Crippen LogP contribution is -2.24. The molecule has 8 heteroatoms. The molecule has 0 bridgehead atoms. The number of nitrogens with two attached hydrogens (primary N) is 1. The van der Waals surface area contributed by atoms with Crippen LogP contribution in [0.15, 0.2) is 34.7 Å². The smallest absolute Gasteiger partial charge is 0.267 e. The van der Waals surface area contributed by atoms with Gasteiger partial charge in [0, 0.05) is 29.4 Å². The van der Waals surface area contributed by atoms with Crippen LogP contribution in [-0.2, 0) is 0 Å². The van der Waals surface area contributed by atoms with Crippen LogP contribution in [0.2, 0.25) is 0 Å². The van der Waals surface area contributed by atoms with Crippen LogP contribution in [-0.4, -0.2) is 24.7 Å². The monoisotopic (exact) mass is 314 g/mol. The van der Waals surface area contributed by atoms with Gasteiger partial charge in [0.1, 0.15) is 10.7 Å². The number of thiazole rings is 1. The fraction of sp³-hybridized carbons (Fsp3) is 0.214. The van der Waals surface area contributed by atoms with Crippen molar-refractivity contribution in [3.05, 3.63) is 40.3 Å². The van der Waals surface area contributed by atoms with Gasteiger partial charge in [-0.05, 0) is 19.9 Å². The van der Waals surface area contributed by atoms with Crippen LogP contribution in [0.3, 0.4) is 0 Å². The summed E-state index contributed by atoms with van der Waals surface area (Å²) in [5.74, 6) is 0.172. The zero-order chi connectivity index (χ0) is 15.7. The van der Waals surface area contributed by atoms with Crippen molar-refractivity contribution >= 4 is 17.3 Å². The van der Waals surface area contributed by atoms with Crippen molar-refractivity contribution in [2.24, 2.45) is 0 Å². The Morgan fingerprint density at radius 1 is 1.27 bits per heavy atom. The summed E-state index contributed by atoms with van der Waals surface area (Å²) in [5.41, 5.74) is 7.46.